The average Bonchev–Trinajstić information content (AvgIpc) is 2.67. The molecule has 1 aromatic carbocycles. The van der Waals surface area contributed by atoms with E-state index in [1.807, 2.05) is 0 Å². The van der Waals surface area contributed by atoms with Crippen LogP contribution in [0.15, 0.2) is 35.1 Å². The molecule has 2 N–H and O–H groups in total. The normalized spacial score (nSPS) is 10.2. The Labute approximate surface area is 96.0 Å². The molecule has 1 aromatic heterocycles. The third kappa shape index (κ3) is 1.80. The summed E-state index contributed by atoms with van der Waals surface area (Å²) in [6.07, 6.45) is 0. The Morgan fingerprint density at radius 1 is 1.35 bits per heavy atom. The van der Waals surface area contributed by atoms with Gasteiger partial charge in [0.25, 0.3) is 0 Å². The lowest BCUT2D eigenvalue weighted by Gasteiger charge is -1.96. The van der Waals surface area contributed by atoms with Gasteiger partial charge >= 0.3 is 11.5 Å². The number of aromatic nitrogens is 2. The highest BCUT2D eigenvalue weighted by molar-refractivity contribution is 5.93. The van der Waals surface area contributed by atoms with E-state index in [-0.39, 0.29) is 11.3 Å². The predicted octanol–water partition coefficient (Wildman–Crippen LogP) is 0.600. The molecule has 0 saturated carbocycles. The zero-order valence-corrected chi connectivity index (χ0v) is 9.01. The van der Waals surface area contributed by atoms with E-state index in [1.165, 1.54) is 7.11 Å². The van der Waals surface area contributed by atoms with Crippen LogP contribution in [0.2, 0.25) is 0 Å². The molecule has 0 unspecified atom stereocenters. The lowest BCUT2D eigenvalue weighted by Crippen LogP contribution is -2.22. The largest absolute Gasteiger partial charge is 0.477 e. The number of hydrogen-bond acceptors (Lipinski definition) is 3. The van der Waals surface area contributed by atoms with Gasteiger partial charge in [-0.05, 0) is 5.56 Å². The first-order chi connectivity index (χ1) is 8.15. The number of hydrogen-bond donors (Lipinski definition) is 2. The number of benzene rings is 1. The van der Waals surface area contributed by atoms with Gasteiger partial charge in [0.2, 0.25) is 0 Å². The molecule has 0 atom stereocenters. The second-order valence-corrected chi connectivity index (χ2v) is 3.32. The monoisotopic (exact) mass is 234 g/mol. The standard InChI is InChI=1S/C11H10N2O4/c1-17-13-10(14)8(9(12-13)11(15)16)7-5-3-2-4-6-7/h2-6,12H,1H3,(H,15,16). The molecule has 0 aliphatic heterocycles. The fourth-order valence-corrected chi connectivity index (χ4v) is 1.57. The predicted molar refractivity (Wildman–Crippen MR) is 60.0 cm³/mol. The lowest BCUT2D eigenvalue weighted by molar-refractivity contribution is 0.0677. The second-order valence-electron chi connectivity index (χ2n) is 3.32. The Bertz CT molecular complexity index is 598. The molecule has 2 rings (SSSR count). The van der Waals surface area contributed by atoms with Crippen LogP contribution in [0.1, 0.15) is 10.5 Å². The van der Waals surface area contributed by atoms with Crippen LogP contribution in [0.25, 0.3) is 11.1 Å². The molecule has 0 spiro atoms. The number of H-pyrrole nitrogens is 1. The minimum atomic E-state index is -1.21. The number of nitrogens with zero attached hydrogens (tertiary/aromatic N) is 1. The Morgan fingerprint density at radius 2 is 2.00 bits per heavy atom. The molecular weight excluding hydrogens is 224 g/mol. The summed E-state index contributed by atoms with van der Waals surface area (Å²) in [6, 6.07) is 8.56. The third-order valence-electron chi connectivity index (χ3n) is 2.32. The molecule has 0 radical (unpaired) electrons. The molecule has 6 heteroatoms. The lowest BCUT2D eigenvalue weighted by atomic mass is 10.1. The molecule has 2 aromatic rings. The van der Waals surface area contributed by atoms with Crippen molar-refractivity contribution in [1.29, 1.82) is 0 Å². The van der Waals surface area contributed by atoms with Crippen molar-refractivity contribution in [2.24, 2.45) is 0 Å². The fourth-order valence-electron chi connectivity index (χ4n) is 1.57. The van der Waals surface area contributed by atoms with E-state index in [1.54, 1.807) is 30.3 Å². The maximum absolute atomic E-state index is 11.9. The van der Waals surface area contributed by atoms with Crippen molar-refractivity contribution in [3.63, 3.8) is 0 Å². The van der Waals surface area contributed by atoms with Gasteiger partial charge < -0.3 is 9.94 Å². The van der Waals surface area contributed by atoms with E-state index < -0.39 is 11.5 Å². The van der Waals surface area contributed by atoms with Crippen molar-refractivity contribution in [1.82, 2.24) is 9.94 Å². The summed E-state index contributed by atoms with van der Waals surface area (Å²) < 4.78 is 0. The molecule has 0 amide bonds. The van der Waals surface area contributed by atoms with Crippen molar-refractivity contribution < 1.29 is 14.7 Å². The SMILES string of the molecule is COn1[nH]c(C(=O)O)c(-c2ccccc2)c1=O. The highest BCUT2D eigenvalue weighted by atomic mass is 16.7. The number of aromatic amines is 1. The van der Waals surface area contributed by atoms with Crippen LogP contribution < -0.4 is 10.4 Å². The molecule has 0 saturated heterocycles. The van der Waals surface area contributed by atoms with Crippen molar-refractivity contribution in [3.8, 4) is 11.1 Å². The van der Waals surface area contributed by atoms with Crippen LogP contribution in [-0.2, 0) is 0 Å². The number of carboxylic acids is 1. The van der Waals surface area contributed by atoms with Crippen LogP contribution in [0.5, 0.6) is 0 Å². The minimum absolute atomic E-state index is 0.0833. The van der Waals surface area contributed by atoms with Gasteiger partial charge in [-0.15, -0.1) is 0 Å². The number of carboxylic acid groups (broad SMARTS) is 1. The number of nitrogens with one attached hydrogen (secondary N) is 1. The number of aromatic carboxylic acids is 1. The van der Waals surface area contributed by atoms with Crippen molar-refractivity contribution in [3.05, 3.63) is 46.4 Å². The summed E-state index contributed by atoms with van der Waals surface area (Å²) in [5.74, 6) is -1.21. The van der Waals surface area contributed by atoms with Crippen LogP contribution in [0, 0.1) is 0 Å². The van der Waals surface area contributed by atoms with E-state index in [0.29, 0.717) is 5.56 Å². The molecular formula is C11H10N2O4. The van der Waals surface area contributed by atoms with E-state index in [4.69, 9.17) is 9.94 Å². The summed E-state index contributed by atoms with van der Waals surface area (Å²) in [7, 11) is 1.28. The van der Waals surface area contributed by atoms with Crippen molar-refractivity contribution in [2.45, 2.75) is 0 Å². The molecule has 88 valence electrons. The zero-order chi connectivity index (χ0) is 12.4. The maximum Gasteiger partial charge on any atom is 0.354 e. The molecule has 17 heavy (non-hydrogen) atoms. The Kier molecular flexibility index (Phi) is 2.70. The quantitative estimate of drug-likeness (QED) is 0.814. The zero-order valence-electron chi connectivity index (χ0n) is 9.01. The molecule has 0 fully saturated rings. The second kappa shape index (κ2) is 4.17. The molecule has 0 aliphatic carbocycles. The van der Waals surface area contributed by atoms with Gasteiger partial charge in [-0.3, -0.25) is 9.89 Å². The first-order valence-corrected chi connectivity index (χ1v) is 4.83. The molecule has 0 aliphatic rings. The topological polar surface area (TPSA) is 84.3 Å². The Morgan fingerprint density at radius 3 is 2.53 bits per heavy atom. The summed E-state index contributed by atoms with van der Waals surface area (Å²) in [6.45, 7) is 0. The van der Waals surface area contributed by atoms with Crippen LogP contribution in [0.3, 0.4) is 0 Å². The summed E-state index contributed by atoms with van der Waals surface area (Å²) in [4.78, 5) is 28.4. The van der Waals surface area contributed by atoms with Crippen LogP contribution in [0.4, 0.5) is 0 Å². The minimum Gasteiger partial charge on any atom is -0.477 e. The van der Waals surface area contributed by atoms with Gasteiger partial charge in [0.1, 0.15) is 7.11 Å². The Hall–Kier alpha value is -2.50. The molecule has 6 nitrogen and oxygen atoms in total. The number of rotatable bonds is 3. The van der Waals surface area contributed by atoms with Gasteiger partial charge in [-0.25, -0.2) is 4.79 Å². The van der Waals surface area contributed by atoms with Gasteiger partial charge in [0.05, 0.1) is 5.56 Å². The van der Waals surface area contributed by atoms with Crippen LogP contribution in [-0.4, -0.2) is 28.1 Å². The fraction of sp³-hybridized carbons (Fsp3) is 0.0909. The van der Waals surface area contributed by atoms with Gasteiger partial charge in [0.15, 0.2) is 5.69 Å². The number of carbonyl (C=O) groups is 1. The van der Waals surface area contributed by atoms with Crippen molar-refractivity contribution in [2.75, 3.05) is 7.11 Å². The summed E-state index contributed by atoms with van der Waals surface area (Å²) in [5, 5.41) is 11.4. The van der Waals surface area contributed by atoms with Crippen molar-refractivity contribution >= 4 is 5.97 Å². The first kappa shape index (κ1) is 11.0. The smallest absolute Gasteiger partial charge is 0.354 e. The average molecular weight is 234 g/mol. The summed E-state index contributed by atoms with van der Waals surface area (Å²) in [5.41, 5.74) is -0.110. The maximum atomic E-state index is 11.9. The van der Waals surface area contributed by atoms with Gasteiger partial charge in [0, 0.05) is 0 Å². The van der Waals surface area contributed by atoms with E-state index in [9.17, 15) is 9.59 Å². The van der Waals surface area contributed by atoms with Crippen LogP contribution >= 0.6 is 0 Å². The van der Waals surface area contributed by atoms with E-state index >= 15 is 0 Å². The Balaban J connectivity index is 2.72. The molecule has 1 heterocycles. The van der Waals surface area contributed by atoms with E-state index in [0.717, 1.165) is 4.85 Å². The summed E-state index contributed by atoms with van der Waals surface area (Å²) >= 11 is 0. The highest BCUT2D eigenvalue weighted by Gasteiger charge is 2.21. The van der Waals surface area contributed by atoms with Gasteiger partial charge in [-0.1, -0.05) is 35.2 Å². The first-order valence-electron chi connectivity index (χ1n) is 4.83. The highest BCUT2D eigenvalue weighted by Crippen LogP contribution is 2.18. The van der Waals surface area contributed by atoms with Gasteiger partial charge in [-0.2, -0.15) is 0 Å². The van der Waals surface area contributed by atoms with E-state index in [2.05, 4.69) is 5.10 Å². The molecule has 0 bridgehead atoms. The third-order valence-corrected chi connectivity index (χ3v) is 2.32.